The third kappa shape index (κ3) is 2.97. The number of carbonyl (C=O) groups is 1. The molecule has 0 spiro atoms. The molecule has 6 heteroatoms. The van der Waals surface area contributed by atoms with E-state index < -0.39 is 0 Å². The summed E-state index contributed by atoms with van der Waals surface area (Å²) in [4.78, 5) is 19.9. The molecule has 4 nitrogen and oxygen atoms in total. The van der Waals surface area contributed by atoms with Crippen LogP contribution in [0.15, 0.2) is 30.5 Å². The highest BCUT2D eigenvalue weighted by Crippen LogP contribution is 2.19. The summed E-state index contributed by atoms with van der Waals surface area (Å²) in [5.41, 5.74) is 1.08. The Morgan fingerprint density at radius 1 is 1.33 bits per heavy atom. The summed E-state index contributed by atoms with van der Waals surface area (Å²) < 4.78 is 0. The van der Waals surface area contributed by atoms with Crippen LogP contribution in [-0.4, -0.2) is 15.9 Å². The minimum atomic E-state index is -0.331. The summed E-state index contributed by atoms with van der Waals surface area (Å²) in [6.45, 7) is 1.76. The van der Waals surface area contributed by atoms with Crippen LogP contribution in [-0.2, 0) is 0 Å². The average Bonchev–Trinajstić information content (AvgIpc) is 2.31. The van der Waals surface area contributed by atoms with Gasteiger partial charge in [0.2, 0.25) is 0 Å². The maximum absolute atomic E-state index is 12.0. The molecule has 1 amide bonds. The molecule has 0 atom stereocenters. The number of amides is 1. The number of carbonyl (C=O) groups excluding carboxylic acids is 1. The number of hydrogen-bond donors (Lipinski definition) is 1. The zero-order valence-electron chi connectivity index (χ0n) is 9.45. The Balaban J connectivity index is 2.25. The first kappa shape index (κ1) is 12.8. The smallest absolute Gasteiger partial charge is 0.257 e. The summed E-state index contributed by atoms with van der Waals surface area (Å²) in [5, 5.41) is 3.26. The van der Waals surface area contributed by atoms with Crippen LogP contribution in [0.5, 0.6) is 0 Å². The van der Waals surface area contributed by atoms with E-state index in [0.29, 0.717) is 22.1 Å². The average molecular weight is 282 g/mol. The number of nitrogens with zero attached hydrogens (tertiary/aromatic N) is 2. The predicted molar refractivity (Wildman–Crippen MR) is 71.2 cm³/mol. The zero-order valence-corrected chi connectivity index (χ0v) is 11.0. The van der Waals surface area contributed by atoms with Crippen LogP contribution in [0.25, 0.3) is 0 Å². The second kappa shape index (κ2) is 5.33. The highest BCUT2D eigenvalue weighted by molar-refractivity contribution is 6.33. The number of hydrogen-bond acceptors (Lipinski definition) is 3. The fraction of sp³-hybridized carbons (Fsp3) is 0.0833. The van der Waals surface area contributed by atoms with Crippen molar-refractivity contribution in [1.29, 1.82) is 0 Å². The predicted octanol–water partition coefficient (Wildman–Crippen LogP) is 3.34. The Hall–Kier alpha value is -1.65. The number of pyridine rings is 2. The van der Waals surface area contributed by atoms with E-state index in [2.05, 4.69) is 15.3 Å². The zero-order chi connectivity index (χ0) is 13.1. The SMILES string of the molecule is Cc1cc(C(=O)Nc2ncccc2Cl)cc(Cl)n1. The summed E-state index contributed by atoms with van der Waals surface area (Å²) in [6.07, 6.45) is 1.55. The Labute approximate surface area is 114 Å². The van der Waals surface area contributed by atoms with Gasteiger partial charge in [0, 0.05) is 17.5 Å². The topological polar surface area (TPSA) is 54.9 Å². The second-order valence-corrected chi connectivity index (χ2v) is 4.40. The Kier molecular flexibility index (Phi) is 3.79. The maximum atomic E-state index is 12.0. The lowest BCUT2D eigenvalue weighted by atomic mass is 10.2. The van der Waals surface area contributed by atoms with Gasteiger partial charge in [-0.1, -0.05) is 23.2 Å². The van der Waals surface area contributed by atoms with E-state index in [4.69, 9.17) is 23.2 Å². The minimum absolute atomic E-state index is 0.271. The second-order valence-electron chi connectivity index (χ2n) is 3.61. The van der Waals surface area contributed by atoms with Gasteiger partial charge in [0.05, 0.1) is 5.02 Å². The number of nitrogens with one attached hydrogen (secondary N) is 1. The Morgan fingerprint density at radius 3 is 2.78 bits per heavy atom. The van der Waals surface area contributed by atoms with Gasteiger partial charge in [-0.2, -0.15) is 0 Å². The fourth-order valence-corrected chi connectivity index (χ4v) is 1.84. The molecule has 0 saturated heterocycles. The van der Waals surface area contributed by atoms with E-state index in [9.17, 15) is 4.79 Å². The van der Waals surface area contributed by atoms with E-state index in [1.807, 2.05) is 0 Å². The van der Waals surface area contributed by atoms with Gasteiger partial charge in [0.15, 0.2) is 5.82 Å². The van der Waals surface area contributed by atoms with Crippen LogP contribution in [0.3, 0.4) is 0 Å². The molecule has 2 aromatic heterocycles. The summed E-state index contributed by atoms with van der Waals surface area (Å²) >= 11 is 11.7. The molecule has 0 bridgehead atoms. The molecule has 0 aromatic carbocycles. The number of halogens is 2. The van der Waals surface area contributed by atoms with Gasteiger partial charge in [-0.3, -0.25) is 4.79 Å². The van der Waals surface area contributed by atoms with Crippen LogP contribution in [0.1, 0.15) is 16.1 Å². The van der Waals surface area contributed by atoms with Gasteiger partial charge in [0.1, 0.15) is 5.15 Å². The van der Waals surface area contributed by atoms with Crippen molar-refractivity contribution in [2.45, 2.75) is 6.92 Å². The largest absolute Gasteiger partial charge is 0.305 e. The van der Waals surface area contributed by atoms with Crippen LogP contribution >= 0.6 is 23.2 Å². The van der Waals surface area contributed by atoms with Gasteiger partial charge < -0.3 is 5.32 Å². The highest BCUT2D eigenvalue weighted by Gasteiger charge is 2.10. The Bertz CT molecular complexity index is 581. The van der Waals surface area contributed by atoms with Crippen molar-refractivity contribution in [1.82, 2.24) is 9.97 Å². The normalized spacial score (nSPS) is 10.2. The molecule has 0 aliphatic heterocycles. The molecule has 0 fully saturated rings. The van der Waals surface area contributed by atoms with Crippen LogP contribution in [0, 0.1) is 6.92 Å². The van der Waals surface area contributed by atoms with Crippen molar-refractivity contribution in [3.63, 3.8) is 0 Å². The van der Waals surface area contributed by atoms with E-state index >= 15 is 0 Å². The van der Waals surface area contributed by atoms with Crippen molar-refractivity contribution in [3.05, 3.63) is 51.9 Å². The Morgan fingerprint density at radius 2 is 2.11 bits per heavy atom. The van der Waals surface area contributed by atoms with Crippen molar-refractivity contribution in [2.75, 3.05) is 5.32 Å². The molecular weight excluding hydrogens is 273 g/mol. The fourth-order valence-electron chi connectivity index (χ4n) is 1.42. The van der Waals surface area contributed by atoms with Crippen molar-refractivity contribution in [3.8, 4) is 0 Å². The maximum Gasteiger partial charge on any atom is 0.257 e. The van der Waals surface area contributed by atoms with Crippen LogP contribution in [0.2, 0.25) is 10.2 Å². The molecule has 2 rings (SSSR count). The quantitative estimate of drug-likeness (QED) is 0.859. The third-order valence-electron chi connectivity index (χ3n) is 2.17. The molecule has 2 heterocycles. The van der Waals surface area contributed by atoms with Crippen LogP contribution in [0.4, 0.5) is 5.82 Å². The molecule has 0 aliphatic carbocycles. The minimum Gasteiger partial charge on any atom is -0.305 e. The van der Waals surface area contributed by atoms with E-state index in [1.165, 1.54) is 6.07 Å². The third-order valence-corrected chi connectivity index (χ3v) is 2.67. The van der Waals surface area contributed by atoms with Gasteiger partial charge in [-0.15, -0.1) is 0 Å². The molecule has 92 valence electrons. The molecule has 0 saturated carbocycles. The summed E-state index contributed by atoms with van der Waals surface area (Å²) in [5.74, 6) is -0.0160. The van der Waals surface area contributed by atoms with Crippen molar-refractivity contribution < 1.29 is 4.79 Å². The van der Waals surface area contributed by atoms with E-state index in [1.54, 1.807) is 31.3 Å². The van der Waals surface area contributed by atoms with Gasteiger partial charge >= 0.3 is 0 Å². The molecule has 1 N–H and O–H groups in total. The lowest BCUT2D eigenvalue weighted by Crippen LogP contribution is -2.13. The molecule has 18 heavy (non-hydrogen) atoms. The number of anilines is 1. The van der Waals surface area contributed by atoms with E-state index in [0.717, 1.165) is 0 Å². The molecule has 0 unspecified atom stereocenters. The standard InChI is InChI=1S/C12H9Cl2N3O/c1-7-5-8(6-10(14)16-7)12(18)17-11-9(13)3-2-4-15-11/h2-6H,1H3,(H,15,17,18). The molecule has 2 aromatic rings. The highest BCUT2D eigenvalue weighted by atomic mass is 35.5. The summed E-state index contributed by atoms with van der Waals surface area (Å²) in [6, 6.07) is 6.46. The van der Waals surface area contributed by atoms with Gasteiger partial charge in [-0.25, -0.2) is 9.97 Å². The first-order valence-corrected chi connectivity index (χ1v) is 5.88. The van der Waals surface area contributed by atoms with E-state index in [-0.39, 0.29) is 11.1 Å². The lowest BCUT2D eigenvalue weighted by Gasteiger charge is -2.06. The monoisotopic (exact) mass is 281 g/mol. The van der Waals surface area contributed by atoms with Crippen LogP contribution < -0.4 is 5.32 Å². The number of aryl methyl sites for hydroxylation is 1. The molecule has 0 radical (unpaired) electrons. The number of aromatic nitrogens is 2. The first-order chi connectivity index (χ1) is 8.56. The van der Waals surface area contributed by atoms with Gasteiger partial charge in [-0.05, 0) is 31.2 Å². The van der Waals surface area contributed by atoms with Crippen molar-refractivity contribution >= 4 is 34.9 Å². The molecule has 0 aliphatic rings. The number of rotatable bonds is 2. The molecular formula is C12H9Cl2N3O. The first-order valence-electron chi connectivity index (χ1n) is 5.12. The summed E-state index contributed by atoms with van der Waals surface area (Å²) in [7, 11) is 0. The lowest BCUT2D eigenvalue weighted by molar-refractivity contribution is 0.102. The van der Waals surface area contributed by atoms with Crippen molar-refractivity contribution in [2.24, 2.45) is 0 Å². The van der Waals surface area contributed by atoms with Gasteiger partial charge in [0.25, 0.3) is 5.91 Å².